The lowest BCUT2D eigenvalue weighted by molar-refractivity contribution is -0.385. The van der Waals surface area contributed by atoms with Crippen molar-refractivity contribution in [2.45, 2.75) is 6.18 Å². The van der Waals surface area contributed by atoms with E-state index in [4.69, 9.17) is 4.74 Å². The highest BCUT2D eigenvalue weighted by Gasteiger charge is 2.38. The van der Waals surface area contributed by atoms with E-state index in [1.165, 1.54) is 61.7 Å². The van der Waals surface area contributed by atoms with Gasteiger partial charge < -0.3 is 10.1 Å². The number of nitro benzene ring substituents is 1. The Morgan fingerprint density at radius 1 is 1.15 bits per heavy atom. The number of amides is 1. The van der Waals surface area contributed by atoms with Crippen molar-refractivity contribution < 1.29 is 27.6 Å². The molecule has 4 aromatic rings. The van der Waals surface area contributed by atoms with Crippen molar-refractivity contribution in [2.24, 2.45) is 0 Å². The predicted octanol–water partition coefficient (Wildman–Crippen LogP) is 4.61. The third kappa shape index (κ3) is 4.18. The number of carbonyl (C=O) groups is 1. The molecule has 2 aromatic carbocycles. The van der Waals surface area contributed by atoms with Crippen molar-refractivity contribution >= 4 is 28.4 Å². The molecule has 0 unspecified atom stereocenters. The molecule has 0 saturated carbocycles. The average Bonchev–Trinajstić information content (AvgIpc) is 3.19. The van der Waals surface area contributed by atoms with E-state index in [1.807, 2.05) is 0 Å². The Balaban J connectivity index is 1.69. The zero-order valence-electron chi connectivity index (χ0n) is 16.8. The van der Waals surface area contributed by atoms with Crippen LogP contribution in [0.5, 0.6) is 5.75 Å². The van der Waals surface area contributed by atoms with Crippen LogP contribution in [0.15, 0.2) is 60.8 Å². The van der Waals surface area contributed by atoms with Crippen molar-refractivity contribution in [3.8, 4) is 11.4 Å². The number of hydrogen-bond donors (Lipinski definition) is 1. The monoisotopic (exact) mass is 457 g/mol. The molecule has 0 radical (unpaired) electrons. The van der Waals surface area contributed by atoms with Gasteiger partial charge in [-0.15, -0.1) is 0 Å². The standard InChI is InChI=1S/C21H14F3N5O4/c1-33-13-7-8-17-15(10-13)26-20(21(22,23)24)28(17)12-6-9-18(25-11-12)27-19(30)14-4-2-3-5-16(14)29(31)32/h2-11H,1H3,(H,25,27,30). The summed E-state index contributed by atoms with van der Waals surface area (Å²) in [5.74, 6) is -1.57. The summed E-state index contributed by atoms with van der Waals surface area (Å²) < 4.78 is 46.9. The van der Waals surface area contributed by atoms with Gasteiger partial charge in [0, 0.05) is 12.1 Å². The number of halogens is 3. The van der Waals surface area contributed by atoms with Gasteiger partial charge in [0.1, 0.15) is 17.1 Å². The second kappa shape index (κ2) is 8.22. The second-order valence-electron chi connectivity index (χ2n) is 6.75. The number of rotatable bonds is 5. The quantitative estimate of drug-likeness (QED) is 0.346. The Morgan fingerprint density at radius 2 is 1.91 bits per heavy atom. The number of aromatic nitrogens is 3. The minimum absolute atomic E-state index is 0.00143. The van der Waals surface area contributed by atoms with Crippen molar-refractivity contribution in [3.05, 3.63) is 82.3 Å². The molecule has 2 aromatic heterocycles. The van der Waals surface area contributed by atoms with Crippen LogP contribution in [0.1, 0.15) is 16.2 Å². The largest absolute Gasteiger partial charge is 0.497 e. The first kappa shape index (κ1) is 21.7. The van der Waals surface area contributed by atoms with Crippen LogP contribution < -0.4 is 10.1 Å². The molecule has 12 heteroatoms. The number of para-hydroxylation sites is 1. The normalized spacial score (nSPS) is 11.4. The molecular weight excluding hydrogens is 443 g/mol. The Morgan fingerprint density at radius 3 is 2.55 bits per heavy atom. The summed E-state index contributed by atoms with van der Waals surface area (Å²) in [5.41, 5.74) is -0.250. The van der Waals surface area contributed by atoms with Gasteiger partial charge >= 0.3 is 6.18 Å². The fourth-order valence-electron chi connectivity index (χ4n) is 3.24. The van der Waals surface area contributed by atoms with Crippen LogP contribution in [0, 0.1) is 10.1 Å². The molecule has 0 fully saturated rings. The first-order chi connectivity index (χ1) is 15.7. The summed E-state index contributed by atoms with van der Waals surface area (Å²) in [6.07, 6.45) is -3.61. The Bertz CT molecular complexity index is 1370. The van der Waals surface area contributed by atoms with Gasteiger partial charge in [0.2, 0.25) is 5.82 Å². The van der Waals surface area contributed by atoms with Crippen molar-refractivity contribution in [3.63, 3.8) is 0 Å². The van der Waals surface area contributed by atoms with Crippen LogP contribution in [-0.2, 0) is 6.18 Å². The highest BCUT2D eigenvalue weighted by molar-refractivity contribution is 6.06. The topological polar surface area (TPSA) is 112 Å². The zero-order valence-corrected chi connectivity index (χ0v) is 16.8. The summed E-state index contributed by atoms with van der Waals surface area (Å²) in [6, 6.07) is 12.3. The minimum Gasteiger partial charge on any atom is -0.497 e. The smallest absolute Gasteiger partial charge is 0.450 e. The summed E-state index contributed by atoms with van der Waals surface area (Å²) in [6.45, 7) is 0. The van der Waals surface area contributed by atoms with Gasteiger partial charge in [-0.3, -0.25) is 19.5 Å². The first-order valence-electron chi connectivity index (χ1n) is 9.34. The number of ether oxygens (including phenoxy) is 1. The molecule has 33 heavy (non-hydrogen) atoms. The van der Waals surface area contributed by atoms with Gasteiger partial charge in [-0.1, -0.05) is 12.1 Å². The third-order valence-electron chi connectivity index (χ3n) is 4.71. The van der Waals surface area contributed by atoms with Crippen LogP contribution in [0.3, 0.4) is 0 Å². The Labute approximate surface area is 183 Å². The van der Waals surface area contributed by atoms with Crippen molar-refractivity contribution in [1.82, 2.24) is 14.5 Å². The lowest BCUT2D eigenvalue weighted by atomic mass is 10.1. The SMILES string of the molecule is COc1ccc2c(c1)nc(C(F)(F)F)n2-c1ccc(NC(=O)c2ccccc2[N+](=O)[O-])nc1. The van der Waals surface area contributed by atoms with Crippen LogP contribution in [-0.4, -0.2) is 32.5 Å². The van der Waals surface area contributed by atoms with E-state index in [9.17, 15) is 28.1 Å². The molecular formula is C21H14F3N5O4. The molecule has 0 spiro atoms. The molecule has 0 aliphatic heterocycles. The number of nitrogens with one attached hydrogen (secondary N) is 1. The number of pyridine rings is 1. The molecule has 1 amide bonds. The van der Waals surface area contributed by atoms with Crippen molar-refractivity contribution in [2.75, 3.05) is 12.4 Å². The van der Waals surface area contributed by atoms with Gasteiger partial charge in [0.15, 0.2) is 0 Å². The summed E-state index contributed by atoms with van der Waals surface area (Å²) in [5, 5.41) is 13.5. The van der Waals surface area contributed by atoms with Crippen LogP contribution in [0.25, 0.3) is 16.7 Å². The maximum Gasteiger partial charge on any atom is 0.450 e. The van der Waals surface area contributed by atoms with Crippen LogP contribution in [0.2, 0.25) is 0 Å². The second-order valence-corrected chi connectivity index (χ2v) is 6.75. The predicted molar refractivity (Wildman–Crippen MR) is 111 cm³/mol. The summed E-state index contributed by atoms with van der Waals surface area (Å²) >= 11 is 0. The maximum absolute atomic E-state index is 13.6. The van der Waals surface area contributed by atoms with E-state index in [2.05, 4.69) is 15.3 Å². The van der Waals surface area contributed by atoms with Gasteiger partial charge in [-0.05, 0) is 30.3 Å². The van der Waals surface area contributed by atoms with Gasteiger partial charge in [0.05, 0.1) is 35.0 Å². The van der Waals surface area contributed by atoms with E-state index < -0.39 is 22.8 Å². The molecule has 0 bridgehead atoms. The van der Waals surface area contributed by atoms with E-state index >= 15 is 0 Å². The number of nitro groups is 1. The Hall–Kier alpha value is -4.48. The highest BCUT2D eigenvalue weighted by Crippen LogP contribution is 2.34. The lowest BCUT2D eigenvalue weighted by Crippen LogP contribution is -2.16. The molecule has 4 rings (SSSR count). The van der Waals surface area contributed by atoms with Gasteiger partial charge in [-0.2, -0.15) is 13.2 Å². The summed E-state index contributed by atoms with van der Waals surface area (Å²) in [4.78, 5) is 30.6. The lowest BCUT2D eigenvalue weighted by Gasteiger charge is -2.12. The number of alkyl halides is 3. The molecule has 168 valence electrons. The maximum atomic E-state index is 13.6. The van der Waals surface area contributed by atoms with E-state index in [-0.39, 0.29) is 33.8 Å². The van der Waals surface area contributed by atoms with E-state index in [1.54, 1.807) is 0 Å². The number of imidazole rings is 1. The zero-order chi connectivity index (χ0) is 23.8. The molecule has 0 aliphatic carbocycles. The number of carbonyl (C=O) groups excluding carboxylic acids is 1. The number of nitrogens with zero attached hydrogens (tertiary/aromatic N) is 4. The molecule has 0 saturated heterocycles. The number of methoxy groups -OCH3 is 1. The fraction of sp³-hybridized carbons (Fsp3) is 0.0952. The van der Waals surface area contributed by atoms with E-state index in [0.29, 0.717) is 5.75 Å². The third-order valence-corrected chi connectivity index (χ3v) is 4.71. The number of fused-ring (bicyclic) bond motifs is 1. The average molecular weight is 457 g/mol. The fourth-order valence-corrected chi connectivity index (χ4v) is 3.24. The number of benzene rings is 2. The number of hydrogen-bond acceptors (Lipinski definition) is 6. The molecule has 0 aliphatic rings. The van der Waals surface area contributed by atoms with Crippen molar-refractivity contribution in [1.29, 1.82) is 0 Å². The highest BCUT2D eigenvalue weighted by atomic mass is 19.4. The minimum atomic E-state index is -4.74. The molecule has 9 nitrogen and oxygen atoms in total. The number of anilines is 1. The van der Waals surface area contributed by atoms with Gasteiger partial charge in [-0.25, -0.2) is 9.97 Å². The van der Waals surface area contributed by atoms with E-state index in [0.717, 1.165) is 10.8 Å². The van der Waals surface area contributed by atoms with Gasteiger partial charge in [0.25, 0.3) is 11.6 Å². The van der Waals surface area contributed by atoms with Crippen LogP contribution in [0.4, 0.5) is 24.7 Å². The first-order valence-corrected chi connectivity index (χ1v) is 9.34. The molecule has 0 atom stereocenters. The van der Waals surface area contributed by atoms with Crippen LogP contribution >= 0.6 is 0 Å². The summed E-state index contributed by atoms with van der Waals surface area (Å²) in [7, 11) is 1.39. The molecule has 1 N–H and O–H groups in total. The molecule has 2 heterocycles. The Kier molecular flexibility index (Phi) is 5.42.